The molecule has 4 rings (SSSR count). The Hall–Kier alpha value is -4.07. The lowest BCUT2D eigenvalue weighted by molar-refractivity contribution is 0.0961. The number of pyridine rings is 2. The predicted octanol–water partition coefficient (Wildman–Crippen LogP) is 3.98. The number of aryl methyl sites for hydroxylation is 1. The van der Waals surface area contributed by atoms with E-state index >= 15 is 0 Å². The quantitative estimate of drug-likeness (QED) is 0.446. The third-order valence-corrected chi connectivity index (χ3v) is 5.56. The van der Waals surface area contributed by atoms with Gasteiger partial charge in [0.1, 0.15) is 12.1 Å². The van der Waals surface area contributed by atoms with Crippen molar-refractivity contribution in [2.45, 2.75) is 19.8 Å². The van der Waals surface area contributed by atoms with Crippen LogP contribution in [0.4, 0.5) is 5.82 Å². The first-order chi connectivity index (χ1) is 16.0. The van der Waals surface area contributed by atoms with Crippen molar-refractivity contribution in [3.8, 4) is 17.0 Å². The fraction of sp³-hybridized carbons (Fsp3) is 0.240. The van der Waals surface area contributed by atoms with Gasteiger partial charge in [0.2, 0.25) is 0 Å². The van der Waals surface area contributed by atoms with Crippen molar-refractivity contribution < 1.29 is 9.53 Å². The SMILES string of the molecule is CNC(=O)c1c(OC)cnc2c([C@H](C)CNc3cc(-c4ccc(C)nc4)ncn3)cccc12. The molecule has 8 heteroatoms. The summed E-state index contributed by atoms with van der Waals surface area (Å²) in [6.07, 6.45) is 4.95. The number of ether oxygens (including phenoxy) is 1. The largest absolute Gasteiger partial charge is 0.494 e. The second kappa shape index (κ2) is 9.60. The fourth-order valence-electron chi connectivity index (χ4n) is 3.74. The van der Waals surface area contributed by atoms with Crippen molar-refractivity contribution in [3.63, 3.8) is 0 Å². The number of rotatable bonds is 7. The number of methoxy groups -OCH3 is 1. The van der Waals surface area contributed by atoms with E-state index in [9.17, 15) is 4.79 Å². The number of amides is 1. The molecule has 1 atom stereocenters. The fourth-order valence-corrected chi connectivity index (χ4v) is 3.74. The van der Waals surface area contributed by atoms with E-state index in [1.165, 1.54) is 7.11 Å². The first-order valence-corrected chi connectivity index (χ1v) is 10.7. The lowest BCUT2D eigenvalue weighted by atomic mass is 9.95. The summed E-state index contributed by atoms with van der Waals surface area (Å²) in [4.78, 5) is 30.2. The maximum atomic E-state index is 12.5. The maximum absolute atomic E-state index is 12.5. The van der Waals surface area contributed by atoms with Gasteiger partial charge in [0, 0.05) is 48.4 Å². The molecule has 33 heavy (non-hydrogen) atoms. The van der Waals surface area contributed by atoms with Crippen LogP contribution in [0.3, 0.4) is 0 Å². The number of nitrogens with one attached hydrogen (secondary N) is 2. The molecule has 8 nitrogen and oxygen atoms in total. The van der Waals surface area contributed by atoms with Crippen molar-refractivity contribution in [2.24, 2.45) is 0 Å². The summed E-state index contributed by atoms with van der Waals surface area (Å²) in [5.74, 6) is 1.07. The zero-order valence-corrected chi connectivity index (χ0v) is 19.1. The second-order valence-corrected chi connectivity index (χ2v) is 7.78. The summed E-state index contributed by atoms with van der Waals surface area (Å²) in [7, 11) is 3.14. The number of anilines is 1. The Bertz CT molecular complexity index is 1290. The Balaban J connectivity index is 1.59. The van der Waals surface area contributed by atoms with Gasteiger partial charge in [-0.05, 0) is 24.6 Å². The molecular weight excluding hydrogens is 416 g/mol. The predicted molar refractivity (Wildman–Crippen MR) is 129 cm³/mol. The van der Waals surface area contributed by atoms with Crippen molar-refractivity contribution in [1.29, 1.82) is 0 Å². The smallest absolute Gasteiger partial charge is 0.255 e. The topological polar surface area (TPSA) is 102 Å². The van der Waals surface area contributed by atoms with Gasteiger partial charge >= 0.3 is 0 Å². The molecule has 0 bridgehead atoms. The first-order valence-electron chi connectivity index (χ1n) is 10.7. The molecule has 0 saturated carbocycles. The number of hydrogen-bond acceptors (Lipinski definition) is 7. The van der Waals surface area contributed by atoms with Crippen LogP contribution in [0.25, 0.3) is 22.2 Å². The summed E-state index contributed by atoms with van der Waals surface area (Å²) in [6.45, 7) is 4.69. The van der Waals surface area contributed by atoms with E-state index in [2.05, 4.69) is 37.5 Å². The molecule has 4 aromatic rings. The van der Waals surface area contributed by atoms with Crippen LogP contribution >= 0.6 is 0 Å². The molecule has 1 amide bonds. The first kappa shape index (κ1) is 22.1. The number of carbonyl (C=O) groups excluding carboxylic acids is 1. The minimum atomic E-state index is -0.207. The van der Waals surface area contributed by atoms with Crippen LogP contribution in [0.2, 0.25) is 0 Å². The summed E-state index contributed by atoms with van der Waals surface area (Å²) in [5, 5.41) is 6.84. The molecule has 0 radical (unpaired) electrons. The van der Waals surface area contributed by atoms with E-state index < -0.39 is 0 Å². The van der Waals surface area contributed by atoms with Gasteiger partial charge < -0.3 is 15.4 Å². The van der Waals surface area contributed by atoms with Crippen LogP contribution in [-0.2, 0) is 0 Å². The van der Waals surface area contributed by atoms with Crippen LogP contribution in [0.15, 0.2) is 55.1 Å². The van der Waals surface area contributed by atoms with Crippen LogP contribution in [0.1, 0.15) is 34.5 Å². The highest BCUT2D eigenvalue weighted by atomic mass is 16.5. The van der Waals surface area contributed by atoms with E-state index in [-0.39, 0.29) is 11.8 Å². The molecule has 3 aromatic heterocycles. The van der Waals surface area contributed by atoms with Crippen molar-refractivity contribution in [3.05, 3.63) is 71.9 Å². The highest BCUT2D eigenvalue weighted by molar-refractivity contribution is 6.09. The number of nitrogens with zero attached hydrogens (tertiary/aromatic N) is 4. The molecule has 0 saturated heterocycles. The van der Waals surface area contributed by atoms with Crippen LogP contribution in [0.5, 0.6) is 5.75 Å². The highest BCUT2D eigenvalue weighted by Crippen LogP contribution is 2.31. The molecule has 0 aliphatic carbocycles. The number of benzene rings is 1. The summed E-state index contributed by atoms with van der Waals surface area (Å²) >= 11 is 0. The molecule has 2 N–H and O–H groups in total. The Morgan fingerprint density at radius 1 is 1.09 bits per heavy atom. The van der Waals surface area contributed by atoms with Gasteiger partial charge in [0.25, 0.3) is 5.91 Å². The van der Waals surface area contributed by atoms with Gasteiger partial charge in [0.15, 0.2) is 5.75 Å². The summed E-state index contributed by atoms with van der Waals surface area (Å²) in [6, 6.07) is 11.7. The average molecular weight is 443 g/mol. The van der Waals surface area contributed by atoms with Gasteiger partial charge in [-0.25, -0.2) is 9.97 Å². The van der Waals surface area contributed by atoms with E-state index in [1.807, 2.05) is 49.5 Å². The second-order valence-electron chi connectivity index (χ2n) is 7.78. The number of aromatic nitrogens is 4. The van der Waals surface area contributed by atoms with Crippen molar-refractivity contribution >= 4 is 22.6 Å². The van der Waals surface area contributed by atoms with Crippen LogP contribution in [-0.4, -0.2) is 46.5 Å². The number of carbonyl (C=O) groups is 1. The lowest BCUT2D eigenvalue weighted by Crippen LogP contribution is -2.19. The van der Waals surface area contributed by atoms with Gasteiger partial charge in [-0.2, -0.15) is 0 Å². The third kappa shape index (κ3) is 4.59. The van der Waals surface area contributed by atoms with Gasteiger partial charge in [-0.3, -0.25) is 14.8 Å². The molecule has 3 heterocycles. The zero-order chi connectivity index (χ0) is 23.4. The average Bonchev–Trinajstić information content (AvgIpc) is 2.86. The normalized spacial score (nSPS) is 11.8. The zero-order valence-electron chi connectivity index (χ0n) is 19.1. The molecule has 0 unspecified atom stereocenters. The number of fused-ring (bicyclic) bond motifs is 1. The summed E-state index contributed by atoms with van der Waals surface area (Å²) < 4.78 is 5.38. The Labute approximate surface area is 192 Å². The van der Waals surface area contributed by atoms with E-state index in [0.717, 1.165) is 39.2 Å². The monoisotopic (exact) mass is 442 g/mol. The molecule has 0 aliphatic rings. The Morgan fingerprint density at radius 2 is 1.94 bits per heavy atom. The molecule has 0 fully saturated rings. The van der Waals surface area contributed by atoms with Gasteiger partial charge in [0.05, 0.1) is 30.1 Å². The minimum absolute atomic E-state index is 0.103. The third-order valence-electron chi connectivity index (χ3n) is 5.56. The van der Waals surface area contributed by atoms with E-state index in [4.69, 9.17) is 4.74 Å². The van der Waals surface area contributed by atoms with Crippen LogP contribution < -0.4 is 15.4 Å². The maximum Gasteiger partial charge on any atom is 0.255 e. The Morgan fingerprint density at radius 3 is 2.67 bits per heavy atom. The molecular formula is C25H26N6O2. The van der Waals surface area contributed by atoms with Crippen molar-refractivity contribution in [1.82, 2.24) is 25.3 Å². The lowest BCUT2D eigenvalue weighted by Gasteiger charge is -2.17. The van der Waals surface area contributed by atoms with E-state index in [0.29, 0.717) is 17.9 Å². The number of para-hydroxylation sites is 1. The number of hydrogen-bond donors (Lipinski definition) is 2. The molecule has 0 aliphatic heterocycles. The van der Waals surface area contributed by atoms with Gasteiger partial charge in [-0.1, -0.05) is 25.1 Å². The van der Waals surface area contributed by atoms with E-state index in [1.54, 1.807) is 19.6 Å². The van der Waals surface area contributed by atoms with Gasteiger partial charge in [-0.15, -0.1) is 0 Å². The highest BCUT2D eigenvalue weighted by Gasteiger charge is 2.19. The molecule has 168 valence electrons. The standard InChI is InChI=1S/C25H26N6O2/c1-15(11-28-22-10-20(30-14-31-22)17-9-8-16(2)27-12-17)18-6-5-7-19-23(25(32)26-3)21(33-4)13-29-24(18)19/h5-10,12-15H,11H2,1-4H3,(H,26,32)(H,28,30,31)/t15-/m1/s1. The van der Waals surface area contributed by atoms with Crippen molar-refractivity contribution in [2.75, 3.05) is 26.0 Å². The molecule has 0 spiro atoms. The van der Waals surface area contributed by atoms with Crippen LogP contribution in [0, 0.1) is 6.92 Å². The Kier molecular flexibility index (Phi) is 6.44. The molecule has 1 aromatic carbocycles. The summed E-state index contributed by atoms with van der Waals surface area (Å²) in [5.41, 5.74) is 5.00. The minimum Gasteiger partial charge on any atom is -0.494 e.